The standard InChI is InChI=1S/C23H18N2O2S/c26-22-21(28-23(27)24-22)13-18-6-3-7-20-19(18)10-11-25(20)14-15-8-9-16-4-1-2-5-17(16)12-15/h1-12,21H,13-14H2,(H,24,26,27). The first-order valence-electron chi connectivity index (χ1n) is 9.23. The van der Waals surface area contributed by atoms with Crippen LogP contribution in [0.1, 0.15) is 11.1 Å². The number of carbonyl (C=O) groups excluding carboxylic acids is 2. The van der Waals surface area contributed by atoms with Gasteiger partial charge in [-0.15, -0.1) is 0 Å². The lowest BCUT2D eigenvalue weighted by Crippen LogP contribution is -2.25. The van der Waals surface area contributed by atoms with Gasteiger partial charge in [-0.25, -0.2) is 0 Å². The molecule has 138 valence electrons. The number of nitrogens with one attached hydrogen (secondary N) is 1. The predicted molar refractivity (Wildman–Crippen MR) is 114 cm³/mol. The zero-order chi connectivity index (χ0) is 19.1. The SMILES string of the molecule is O=C1NC(=O)C(Cc2cccc3c2ccn3Cc2ccc3ccccc3c2)S1. The van der Waals surface area contributed by atoms with Crippen molar-refractivity contribution in [2.24, 2.45) is 0 Å². The van der Waals surface area contributed by atoms with Crippen LogP contribution in [0.2, 0.25) is 0 Å². The number of nitrogens with zero attached hydrogens (tertiary/aromatic N) is 1. The molecule has 1 aliphatic heterocycles. The zero-order valence-electron chi connectivity index (χ0n) is 15.1. The highest BCUT2D eigenvalue weighted by Crippen LogP contribution is 2.28. The lowest BCUT2D eigenvalue weighted by Gasteiger charge is -2.10. The fourth-order valence-electron chi connectivity index (χ4n) is 3.86. The summed E-state index contributed by atoms with van der Waals surface area (Å²) in [5, 5.41) is 5.39. The number of fused-ring (bicyclic) bond motifs is 2. The van der Waals surface area contributed by atoms with E-state index < -0.39 is 0 Å². The number of aromatic nitrogens is 1. The Kier molecular flexibility index (Phi) is 4.17. The van der Waals surface area contributed by atoms with Crippen LogP contribution in [0.4, 0.5) is 4.79 Å². The number of hydrogen-bond acceptors (Lipinski definition) is 3. The molecule has 2 amide bonds. The van der Waals surface area contributed by atoms with E-state index in [2.05, 4.69) is 70.7 Å². The van der Waals surface area contributed by atoms with Crippen molar-refractivity contribution < 1.29 is 9.59 Å². The molecule has 0 spiro atoms. The molecule has 0 aliphatic carbocycles. The van der Waals surface area contributed by atoms with E-state index >= 15 is 0 Å². The summed E-state index contributed by atoms with van der Waals surface area (Å²) < 4.78 is 2.23. The lowest BCUT2D eigenvalue weighted by molar-refractivity contribution is -0.118. The van der Waals surface area contributed by atoms with Gasteiger partial charge in [0, 0.05) is 23.6 Å². The number of thioether (sulfide) groups is 1. The second kappa shape index (κ2) is 6.84. The maximum Gasteiger partial charge on any atom is 0.286 e. The Morgan fingerprint density at radius 3 is 2.61 bits per heavy atom. The van der Waals surface area contributed by atoms with Gasteiger partial charge < -0.3 is 4.57 Å². The summed E-state index contributed by atoms with van der Waals surface area (Å²) in [5.74, 6) is -0.192. The van der Waals surface area contributed by atoms with Crippen LogP contribution in [-0.4, -0.2) is 21.0 Å². The summed E-state index contributed by atoms with van der Waals surface area (Å²) in [4.78, 5) is 23.4. The third-order valence-corrected chi connectivity index (χ3v) is 6.22. The molecule has 2 heterocycles. The maximum atomic E-state index is 11.9. The van der Waals surface area contributed by atoms with Gasteiger partial charge in [-0.3, -0.25) is 14.9 Å². The molecule has 4 nitrogen and oxygen atoms in total. The molecule has 1 aromatic heterocycles. The van der Waals surface area contributed by atoms with E-state index in [0.717, 1.165) is 34.8 Å². The van der Waals surface area contributed by atoms with Crippen molar-refractivity contribution in [3.8, 4) is 0 Å². The van der Waals surface area contributed by atoms with Gasteiger partial charge in [-0.2, -0.15) is 0 Å². The number of imide groups is 1. The van der Waals surface area contributed by atoms with E-state index in [-0.39, 0.29) is 16.4 Å². The van der Waals surface area contributed by atoms with Gasteiger partial charge in [0.25, 0.3) is 5.24 Å². The van der Waals surface area contributed by atoms with E-state index in [4.69, 9.17) is 0 Å². The van der Waals surface area contributed by atoms with Crippen LogP contribution in [0, 0.1) is 0 Å². The van der Waals surface area contributed by atoms with E-state index in [9.17, 15) is 9.59 Å². The minimum Gasteiger partial charge on any atom is -0.343 e. The number of carbonyl (C=O) groups is 2. The van der Waals surface area contributed by atoms with E-state index in [1.165, 1.54) is 16.3 Å². The molecule has 0 radical (unpaired) electrons. The second-order valence-corrected chi connectivity index (χ2v) is 8.24. The van der Waals surface area contributed by atoms with Crippen LogP contribution in [-0.2, 0) is 17.8 Å². The smallest absolute Gasteiger partial charge is 0.286 e. The molecule has 0 saturated carbocycles. The molecule has 0 bridgehead atoms. The average Bonchev–Trinajstić information content (AvgIpc) is 3.25. The summed E-state index contributed by atoms with van der Waals surface area (Å²) in [6.07, 6.45) is 2.65. The molecule has 1 atom stereocenters. The lowest BCUT2D eigenvalue weighted by atomic mass is 10.0. The molecular weight excluding hydrogens is 368 g/mol. The molecular formula is C23H18N2O2S. The molecule has 1 unspecified atom stereocenters. The summed E-state index contributed by atoms with van der Waals surface area (Å²) in [7, 11) is 0. The van der Waals surface area contributed by atoms with Crippen molar-refractivity contribution in [3.05, 3.63) is 84.1 Å². The number of rotatable bonds is 4. The van der Waals surface area contributed by atoms with Gasteiger partial charge in [-0.05, 0) is 46.5 Å². The molecule has 1 aliphatic rings. The van der Waals surface area contributed by atoms with Crippen molar-refractivity contribution in [1.29, 1.82) is 0 Å². The topological polar surface area (TPSA) is 51.1 Å². The minimum atomic E-state index is -0.345. The van der Waals surface area contributed by atoms with Crippen molar-refractivity contribution in [3.63, 3.8) is 0 Å². The molecule has 1 N–H and O–H groups in total. The largest absolute Gasteiger partial charge is 0.343 e. The highest BCUT2D eigenvalue weighted by molar-refractivity contribution is 8.15. The zero-order valence-corrected chi connectivity index (χ0v) is 15.9. The van der Waals surface area contributed by atoms with Crippen LogP contribution in [0.15, 0.2) is 72.9 Å². The maximum absolute atomic E-state index is 11.9. The summed E-state index contributed by atoms with van der Waals surface area (Å²) in [6, 6.07) is 23.2. The third-order valence-electron chi connectivity index (χ3n) is 5.24. The molecule has 4 aromatic rings. The Hall–Kier alpha value is -3.05. The molecule has 5 rings (SSSR count). The fourth-order valence-corrected chi connectivity index (χ4v) is 4.71. The van der Waals surface area contributed by atoms with Crippen molar-refractivity contribution >= 4 is 44.6 Å². The highest BCUT2D eigenvalue weighted by Gasteiger charge is 2.31. The number of benzene rings is 3. The van der Waals surface area contributed by atoms with Gasteiger partial charge in [-0.1, -0.05) is 60.3 Å². The van der Waals surface area contributed by atoms with E-state index in [0.29, 0.717) is 6.42 Å². The van der Waals surface area contributed by atoms with Gasteiger partial charge in [0.05, 0.1) is 5.25 Å². The fraction of sp³-hybridized carbons (Fsp3) is 0.130. The quantitative estimate of drug-likeness (QED) is 0.551. The number of hydrogen-bond donors (Lipinski definition) is 1. The van der Waals surface area contributed by atoms with Gasteiger partial charge >= 0.3 is 0 Å². The van der Waals surface area contributed by atoms with Crippen LogP contribution >= 0.6 is 11.8 Å². The minimum absolute atomic E-state index is 0.192. The number of amides is 2. The van der Waals surface area contributed by atoms with Crippen LogP contribution < -0.4 is 5.32 Å². The normalized spacial score (nSPS) is 16.8. The Balaban J connectivity index is 1.46. The molecule has 1 saturated heterocycles. The van der Waals surface area contributed by atoms with Crippen LogP contribution in [0.5, 0.6) is 0 Å². The Morgan fingerprint density at radius 2 is 1.79 bits per heavy atom. The van der Waals surface area contributed by atoms with Crippen LogP contribution in [0.25, 0.3) is 21.7 Å². The first-order chi connectivity index (χ1) is 13.7. The molecule has 28 heavy (non-hydrogen) atoms. The van der Waals surface area contributed by atoms with Gasteiger partial charge in [0.15, 0.2) is 0 Å². The monoisotopic (exact) mass is 386 g/mol. The van der Waals surface area contributed by atoms with Crippen molar-refractivity contribution in [1.82, 2.24) is 9.88 Å². The second-order valence-electron chi connectivity index (χ2n) is 7.06. The molecule has 1 fully saturated rings. The Morgan fingerprint density at radius 1 is 0.929 bits per heavy atom. The Labute approximate surface area is 166 Å². The highest BCUT2D eigenvalue weighted by atomic mass is 32.2. The summed E-state index contributed by atoms with van der Waals surface area (Å²) >= 11 is 1.08. The van der Waals surface area contributed by atoms with Gasteiger partial charge in [0.2, 0.25) is 5.91 Å². The average molecular weight is 386 g/mol. The first-order valence-corrected chi connectivity index (χ1v) is 10.1. The summed E-state index contributed by atoms with van der Waals surface area (Å²) in [5.41, 5.74) is 3.48. The predicted octanol–water partition coefficient (Wildman–Crippen LogP) is 4.74. The first kappa shape index (κ1) is 17.1. The molecule has 3 aromatic carbocycles. The van der Waals surface area contributed by atoms with E-state index in [1.54, 1.807) is 0 Å². The van der Waals surface area contributed by atoms with E-state index in [1.807, 2.05) is 12.1 Å². The molecule has 5 heteroatoms. The van der Waals surface area contributed by atoms with Gasteiger partial charge in [0.1, 0.15) is 0 Å². The van der Waals surface area contributed by atoms with Crippen molar-refractivity contribution in [2.75, 3.05) is 0 Å². The van der Waals surface area contributed by atoms with Crippen molar-refractivity contribution in [2.45, 2.75) is 18.2 Å². The summed E-state index contributed by atoms with van der Waals surface area (Å²) in [6.45, 7) is 0.787. The third kappa shape index (κ3) is 3.08. The van der Waals surface area contributed by atoms with Crippen LogP contribution in [0.3, 0.4) is 0 Å². The Bertz CT molecular complexity index is 1230.